The standard InChI is InChI=1S/C31H42N2O9Si/c1-8-38-29(36)32-26-25(42-28(35)22-18-14-11-15-19-22)24(41-27(34)21-16-12-10-13-17-21)23(33(26)30(37)39-9-2)20-40-43(6,7)31(3,4)5/h10-19,23-26H,8-9,20H2,1-7H3,(H,32,36)/t23-,24-,25-,26-/m1/s1. The lowest BCUT2D eigenvalue weighted by molar-refractivity contribution is -0.0361. The molecule has 234 valence electrons. The van der Waals surface area contributed by atoms with Crippen molar-refractivity contribution in [3.63, 3.8) is 0 Å². The third-order valence-corrected chi connectivity index (χ3v) is 12.1. The molecule has 12 heteroatoms. The van der Waals surface area contributed by atoms with Gasteiger partial charge in [0.2, 0.25) is 0 Å². The molecule has 43 heavy (non-hydrogen) atoms. The summed E-state index contributed by atoms with van der Waals surface area (Å²) in [5, 5.41) is 2.45. The highest BCUT2D eigenvalue weighted by molar-refractivity contribution is 6.74. The van der Waals surface area contributed by atoms with Crippen LogP contribution in [0.25, 0.3) is 0 Å². The lowest BCUT2D eigenvalue weighted by Gasteiger charge is -2.38. The van der Waals surface area contributed by atoms with Crippen LogP contribution >= 0.6 is 0 Å². The van der Waals surface area contributed by atoms with Crippen molar-refractivity contribution in [2.45, 2.75) is 77.2 Å². The normalized spacial score (nSPS) is 20.2. The van der Waals surface area contributed by atoms with Gasteiger partial charge in [-0.15, -0.1) is 0 Å². The Morgan fingerprint density at radius 1 is 0.791 bits per heavy atom. The van der Waals surface area contributed by atoms with E-state index in [1.54, 1.807) is 74.5 Å². The minimum Gasteiger partial charge on any atom is -0.452 e. The van der Waals surface area contributed by atoms with E-state index in [1.807, 2.05) is 13.1 Å². The van der Waals surface area contributed by atoms with E-state index >= 15 is 0 Å². The molecule has 0 unspecified atom stereocenters. The van der Waals surface area contributed by atoms with Gasteiger partial charge in [-0.2, -0.15) is 0 Å². The topological polar surface area (TPSA) is 130 Å². The molecule has 0 aromatic heterocycles. The zero-order valence-electron chi connectivity index (χ0n) is 25.8. The monoisotopic (exact) mass is 614 g/mol. The number of likely N-dealkylation sites (tertiary alicyclic amines) is 1. The molecule has 2 aromatic carbocycles. The summed E-state index contributed by atoms with van der Waals surface area (Å²) in [6, 6.07) is 15.5. The van der Waals surface area contributed by atoms with Gasteiger partial charge >= 0.3 is 24.1 Å². The van der Waals surface area contributed by atoms with Crippen molar-refractivity contribution < 1.29 is 42.6 Å². The van der Waals surface area contributed by atoms with Crippen molar-refractivity contribution in [1.82, 2.24) is 10.2 Å². The Morgan fingerprint density at radius 2 is 1.28 bits per heavy atom. The van der Waals surface area contributed by atoms with Gasteiger partial charge in [0.15, 0.2) is 26.7 Å². The molecule has 0 saturated carbocycles. The van der Waals surface area contributed by atoms with Gasteiger partial charge in [0.25, 0.3) is 0 Å². The number of carbonyl (C=O) groups is 4. The second-order valence-electron chi connectivity index (χ2n) is 11.5. The zero-order valence-corrected chi connectivity index (χ0v) is 26.8. The summed E-state index contributed by atoms with van der Waals surface area (Å²) in [5.74, 6) is -1.44. The van der Waals surface area contributed by atoms with E-state index in [9.17, 15) is 19.2 Å². The van der Waals surface area contributed by atoms with E-state index in [4.69, 9.17) is 23.4 Å². The van der Waals surface area contributed by atoms with Crippen LogP contribution in [0.15, 0.2) is 60.7 Å². The first kappa shape index (κ1) is 33.6. The lowest BCUT2D eigenvalue weighted by Crippen LogP contribution is -2.55. The number of ether oxygens (including phenoxy) is 4. The molecule has 1 fully saturated rings. The first-order valence-corrected chi connectivity index (χ1v) is 17.3. The summed E-state index contributed by atoms with van der Waals surface area (Å²) in [5.41, 5.74) is 0.485. The SMILES string of the molecule is CCOC(=O)N[C@H]1[C@H](OC(=O)c2ccccc2)[C@H](OC(=O)c2ccccc2)[C@@H](CO[Si](C)(C)C(C)(C)C)N1C(=O)OCC. The van der Waals surface area contributed by atoms with Gasteiger partial charge in [-0.3, -0.25) is 10.2 Å². The Labute approximate surface area is 253 Å². The molecular formula is C31H42N2O9Si. The molecule has 2 amide bonds. The number of alkyl carbamates (subject to hydrolysis) is 1. The average Bonchev–Trinajstić information content (AvgIpc) is 3.23. The molecule has 1 saturated heterocycles. The van der Waals surface area contributed by atoms with E-state index in [2.05, 4.69) is 26.1 Å². The molecule has 2 aromatic rings. The van der Waals surface area contributed by atoms with Gasteiger partial charge < -0.3 is 23.4 Å². The molecule has 0 spiro atoms. The Kier molecular flexibility index (Phi) is 11.3. The molecule has 4 atom stereocenters. The lowest BCUT2D eigenvalue weighted by atomic mass is 10.1. The van der Waals surface area contributed by atoms with Crippen molar-refractivity contribution in [3.8, 4) is 0 Å². The highest BCUT2D eigenvalue weighted by atomic mass is 28.4. The quantitative estimate of drug-likeness (QED) is 0.213. The minimum absolute atomic E-state index is 0.0280. The summed E-state index contributed by atoms with van der Waals surface area (Å²) in [7, 11) is -2.40. The van der Waals surface area contributed by atoms with Crippen LogP contribution in [0.1, 0.15) is 55.3 Å². The van der Waals surface area contributed by atoms with E-state index in [0.29, 0.717) is 0 Å². The van der Waals surface area contributed by atoms with Crippen molar-refractivity contribution in [2.24, 2.45) is 0 Å². The largest absolute Gasteiger partial charge is 0.452 e. The summed E-state index contributed by atoms with van der Waals surface area (Å²) in [6.07, 6.45) is -5.58. The number of rotatable bonds is 10. The minimum atomic E-state index is -2.40. The highest BCUT2D eigenvalue weighted by Gasteiger charge is 2.57. The smallest absolute Gasteiger partial charge is 0.412 e. The predicted octanol–water partition coefficient (Wildman–Crippen LogP) is 5.37. The number of esters is 2. The molecule has 0 radical (unpaired) electrons. The molecule has 1 aliphatic heterocycles. The van der Waals surface area contributed by atoms with E-state index in [-0.39, 0.29) is 36.0 Å². The second kappa shape index (κ2) is 14.5. The third kappa shape index (κ3) is 8.35. The number of hydrogen-bond acceptors (Lipinski definition) is 9. The number of amides is 2. The number of nitrogens with one attached hydrogen (secondary N) is 1. The van der Waals surface area contributed by atoms with Crippen LogP contribution in [0.3, 0.4) is 0 Å². The van der Waals surface area contributed by atoms with Crippen LogP contribution in [0.2, 0.25) is 18.1 Å². The maximum Gasteiger partial charge on any atom is 0.412 e. The second-order valence-corrected chi connectivity index (χ2v) is 16.3. The van der Waals surface area contributed by atoms with Gasteiger partial charge in [0.05, 0.1) is 30.9 Å². The van der Waals surface area contributed by atoms with E-state index < -0.39 is 56.9 Å². The molecule has 1 N–H and O–H groups in total. The number of carbonyl (C=O) groups excluding carboxylic acids is 4. The maximum absolute atomic E-state index is 13.5. The Bertz CT molecular complexity index is 1250. The highest BCUT2D eigenvalue weighted by Crippen LogP contribution is 2.38. The molecular weight excluding hydrogens is 572 g/mol. The van der Waals surface area contributed by atoms with Crippen LogP contribution in [0.4, 0.5) is 9.59 Å². The average molecular weight is 615 g/mol. The number of benzene rings is 2. The zero-order chi connectivity index (χ0) is 31.8. The van der Waals surface area contributed by atoms with Crippen molar-refractivity contribution in [3.05, 3.63) is 71.8 Å². The van der Waals surface area contributed by atoms with Crippen LogP contribution in [0.5, 0.6) is 0 Å². The molecule has 1 aliphatic rings. The predicted molar refractivity (Wildman–Crippen MR) is 161 cm³/mol. The van der Waals surface area contributed by atoms with Crippen LogP contribution < -0.4 is 5.32 Å². The van der Waals surface area contributed by atoms with Gasteiger partial charge in [-0.25, -0.2) is 19.2 Å². The number of nitrogens with zero attached hydrogens (tertiary/aromatic N) is 1. The summed E-state index contributed by atoms with van der Waals surface area (Å²) in [6.45, 7) is 13.6. The van der Waals surface area contributed by atoms with Gasteiger partial charge in [-0.1, -0.05) is 57.2 Å². The first-order valence-electron chi connectivity index (χ1n) is 14.3. The third-order valence-electron chi connectivity index (χ3n) is 7.62. The van der Waals surface area contributed by atoms with E-state index in [0.717, 1.165) is 0 Å². The Balaban J connectivity index is 2.13. The molecule has 0 aliphatic carbocycles. The summed E-state index contributed by atoms with van der Waals surface area (Å²) >= 11 is 0. The fourth-order valence-electron chi connectivity index (χ4n) is 4.31. The Morgan fingerprint density at radius 3 is 1.74 bits per heavy atom. The van der Waals surface area contributed by atoms with Crippen LogP contribution in [-0.2, 0) is 23.4 Å². The van der Waals surface area contributed by atoms with E-state index in [1.165, 1.54) is 4.90 Å². The summed E-state index contributed by atoms with van der Waals surface area (Å²) < 4.78 is 29.0. The van der Waals surface area contributed by atoms with Crippen molar-refractivity contribution in [2.75, 3.05) is 19.8 Å². The number of hydrogen-bond donors (Lipinski definition) is 1. The maximum atomic E-state index is 13.5. The van der Waals surface area contributed by atoms with Crippen molar-refractivity contribution >= 4 is 32.4 Å². The van der Waals surface area contributed by atoms with Crippen molar-refractivity contribution in [1.29, 1.82) is 0 Å². The first-order chi connectivity index (χ1) is 20.3. The van der Waals surface area contributed by atoms with Gasteiger partial charge in [-0.05, 0) is 56.2 Å². The van der Waals surface area contributed by atoms with Crippen LogP contribution in [-0.4, -0.2) is 81.6 Å². The van der Waals surface area contributed by atoms with Crippen LogP contribution in [0, 0.1) is 0 Å². The summed E-state index contributed by atoms with van der Waals surface area (Å²) in [4.78, 5) is 54.2. The van der Waals surface area contributed by atoms with Gasteiger partial charge in [0.1, 0.15) is 6.04 Å². The molecule has 3 rings (SSSR count). The molecule has 0 bridgehead atoms. The molecule has 11 nitrogen and oxygen atoms in total. The van der Waals surface area contributed by atoms with Gasteiger partial charge in [0, 0.05) is 0 Å². The fraction of sp³-hybridized carbons (Fsp3) is 0.484. The molecule has 1 heterocycles. The Hall–Kier alpha value is -3.90. The fourth-order valence-corrected chi connectivity index (χ4v) is 5.33.